The van der Waals surface area contributed by atoms with Gasteiger partial charge in [0.2, 0.25) is 0 Å². The van der Waals surface area contributed by atoms with Crippen LogP contribution in [0.5, 0.6) is 6.01 Å². The van der Waals surface area contributed by atoms with Crippen LogP contribution < -0.4 is 10.1 Å². The number of tetrazole rings is 1. The fourth-order valence-electron chi connectivity index (χ4n) is 1.84. The van der Waals surface area contributed by atoms with Gasteiger partial charge in [0.15, 0.2) is 0 Å². The summed E-state index contributed by atoms with van der Waals surface area (Å²) in [6.07, 6.45) is 4.58. The Morgan fingerprint density at radius 1 is 1.56 bits per heavy atom. The summed E-state index contributed by atoms with van der Waals surface area (Å²) in [5.41, 5.74) is 0. The Hall–Kier alpha value is -1.17. The molecule has 1 unspecified atom stereocenters. The molecule has 0 aliphatic carbocycles. The normalized spacial score (nSPS) is 20.2. The summed E-state index contributed by atoms with van der Waals surface area (Å²) in [7, 11) is 0. The third kappa shape index (κ3) is 2.91. The summed E-state index contributed by atoms with van der Waals surface area (Å²) in [6.45, 7) is 4.72. The van der Waals surface area contributed by atoms with E-state index in [0.717, 1.165) is 25.9 Å². The zero-order valence-corrected chi connectivity index (χ0v) is 9.72. The molecule has 1 aromatic rings. The molecule has 0 aromatic carbocycles. The highest BCUT2D eigenvalue weighted by Crippen LogP contribution is 2.10. The minimum absolute atomic E-state index is 0.483. The van der Waals surface area contributed by atoms with Crippen LogP contribution in [0, 0.1) is 0 Å². The van der Waals surface area contributed by atoms with Crippen molar-refractivity contribution >= 4 is 0 Å². The lowest BCUT2D eigenvalue weighted by Gasteiger charge is -2.10. The van der Waals surface area contributed by atoms with E-state index in [1.165, 1.54) is 12.8 Å². The standard InChI is InChI=1S/C10H19N5O/c1-2-3-7-16-10-12-13-14-15(10)8-9-5-4-6-11-9/h9,11H,2-8H2,1H3. The Kier molecular flexibility index (Phi) is 4.10. The van der Waals surface area contributed by atoms with Crippen molar-refractivity contribution in [2.24, 2.45) is 0 Å². The summed E-state index contributed by atoms with van der Waals surface area (Å²) in [5, 5.41) is 14.9. The molecular weight excluding hydrogens is 206 g/mol. The fraction of sp³-hybridized carbons (Fsp3) is 0.900. The molecule has 1 aliphatic rings. The minimum Gasteiger partial charge on any atom is -0.463 e. The molecule has 0 radical (unpaired) electrons. The van der Waals surface area contributed by atoms with Crippen LogP contribution in [0.25, 0.3) is 0 Å². The van der Waals surface area contributed by atoms with Crippen LogP contribution in [0.2, 0.25) is 0 Å². The predicted molar refractivity (Wildman–Crippen MR) is 59.2 cm³/mol. The van der Waals surface area contributed by atoms with Crippen molar-refractivity contribution in [3.63, 3.8) is 0 Å². The second-order valence-corrected chi connectivity index (χ2v) is 4.14. The number of aromatic nitrogens is 4. The number of hydrogen-bond acceptors (Lipinski definition) is 5. The lowest BCUT2D eigenvalue weighted by atomic mass is 10.2. The molecule has 0 bridgehead atoms. The number of nitrogens with zero attached hydrogens (tertiary/aromatic N) is 4. The van der Waals surface area contributed by atoms with Gasteiger partial charge in [-0.1, -0.05) is 18.4 Å². The molecule has 1 aliphatic heterocycles. The number of hydrogen-bond donors (Lipinski definition) is 1. The average Bonchev–Trinajstić information content (AvgIpc) is 2.92. The first-order valence-corrected chi connectivity index (χ1v) is 6.02. The zero-order chi connectivity index (χ0) is 11.2. The summed E-state index contributed by atoms with van der Waals surface area (Å²) in [6, 6.07) is 1.03. The number of nitrogens with one attached hydrogen (secondary N) is 1. The molecule has 0 amide bonds. The van der Waals surface area contributed by atoms with Gasteiger partial charge in [-0.25, -0.2) is 0 Å². The first-order chi connectivity index (χ1) is 7.90. The smallest absolute Gasteiger partial charge is 0.335 e. The largest absolute Gasteiger partial charge is 0.463 e. The predicted octanol–water partition coefficient (Wildman–Crippen LogP) is 0.604. The van der Waals surface area contributed by atoms with E-state index in [1.54, 1.807) is 4.68 Å². The topological polar surface area (TPSA) is 64.9 Å². The molecule has 6 nitrogen and oxygen atoms in total. The number of rotatable bonds is 6. The summed E-state index contributed by atoms with van der Waals surface area (Å²) >= 11 is 0. The molecule has 0 spiro atoms. The first-order valence-electron chi connectivity index (χ1n) is 6.02. The molecule has 1 atom stereocenters. The highest BCUT2D eigenvalue weighted by Gasteiger charge is 2.17. The second-order valence-electron chi connectivity index (χ2n) is 4.14. The van der Waals surface area contributed by atoms with Crippen molar-refractivity contribution in [2.75, 3.05) is 13.2 Å². The summed E-state index contributed by atoms with van der Waals surface area (Å²) < 4.78 is 7.28. The molecular formula is C10H19N5O. The van der Waals surface area contributed by atoms with Crippen molar-refractivity contribution in [3.05, 3.63) is 0 Å². The molecule has 90 valence electrons. The van der Waals surface area contributed by atoms with Crippen molar-refractivity contribution < 1.29 is 4.74 Å². The van der Waals surface area contributed by atoms with Crippen LogP contribution in [0.4, 0.5) is 0 Å². The Morgan fingerprint density at radius 3 is 3.25 bits per heavy atom. The molecule has 1 aromatic heterocycles. The number of unbranched alkanes of at least 4 members (excludes halogenated alkanes) is 1. The van der Waals surface area contributed by atoms with Crippen molar-refractivity contribution in [1.29, 1.82) is 0 Å². The van der Waals surface area contributed by atoms with E-state index in [2.05, 4.69) is 27.8 Å². The van der Waals surface area contributed by atoms with Gasteiger partial charge in [-0.2, -0.15) is 4.68 Å². The van der Waals surface area contributed by atoms with Crippen molar-refractivity contribution in [2.45, 2.75) is 45.2 Å². The average molecular weight is 225 g/mol. The van der Waals surface area contributed by atoms with Crippen LogP contribution in [0.1, 0.15) is 32.6 Å². The van der Waals surface area contributed by atoms with E-state index >= 15 is 0 Å². The van der Waals surface area contributed by atoms with Gasteiger partial charge < -0.3 is 10.1 Å². The maximum Gasteiger partial charge on any atom is 0.335 e. The van der Waals surface area contributed by atoms with Crippen molar-refractivity contribution in [3.8, 4) is 6.01 Å². The maximum absolute atomic E-state index is 5.53. The fourth-order valence-corrected chi connectivity index (χ4v) is 1.84. The zero-order valence-electron chi connectivity index (χ0n) is 9.72. The van der Waals surface area contributed by atoms with Gasteiger partial charge in [0, 0.05) is 6.04 Å². The summed E-state index contributed by atoms with van der Waals surface area (Å²) in [5.74, 6) is 0. The minimum atomic E-state index is 0.483. The molecule has 1 N–H and O–H groups in total. The van der Waals surface area contributed by atoms with E-state index in [1.807, 2.05) is 0 Å². The van der Waals surface area contributed by atoms with Gasteiger partial charge in [0.1, 0.15) is 0 Å². The molecule has 2 heterocycles. The highest BCUT2D eigenvalue weighted by molar-refractivity contribution is 4.89. The molecule has 1 saturated heterocycles. The Morgan fingerprint density at radius 2 is 2.50 bits per heavy atom. The van der Waals surface area contributed by atoms with E-state index in [-0.39, 0.29) is 0 Å². The van der Waals surface area contributed by atoms with Crippen LogP contribution in [-0.2, 0) is 6.54 Å². The van der Waals surface area contributed by atoms with Crippen LogP contribution in [0.15, 0.2) is 0 Å². The van der Waals surface area contributed by atoms with Crippen molar-refractivity contribution in [1.82, 2.24) is 25.5 Å². The van der Waals surface area contributed by atoms with Gasteiger partial charge in [-0.15, -0.1) is 0 Å². The third-order valence-corrected chi connectivity index (χ3v) is 2.78. The van der Waals surface area contributed by atoms with Gasteiger partial charge >= 0.3 is 6.01 Å². The van der Waals surface area contributed by atoms with Crippen LogP contribution in [-0.4, -0.2) is 39.4 Å². The molecule has 16 heavy (non-hydrogen) atoms. The first kappa shape index (κ1) is 11.3. The lowest BCUT2D eigenvalue weighted by molar-refractivity contribution is 0.261. The lowest BCUT2D eigenvalue weighted by Crippen LogP contribution is -2.27. The van der Waals surface area contributed by atoms with Crippen LogP contribution >= 0.6 is 0 Å². The van der Waals surface area contributed by atoms with Gasteiger partial charge in [-0.3, -0.25) is 0 Å². The highest BCUT2D eigenvalue weighted by atomic mass is 16.5. The Bertz CT molecular complexity index is 308. The maximum atomic E-state index is 5.53. The van der Waals surface area contributed by atoms with Gasteiger partial charge in [0.25, 0.3) is 0 Å². The second kappa shape index (κ2) is 5.79. The van der Waals surface area contributed by atoms with Gasteiger partial charge in [-0.05, 0) is 36.2 Å². The third-order valence-electron chi connectivity index (χ3n) is 2.78. The van der Waals surface area contributed by atoms with E-state index in [9.17, 15) is 0 Å². The van der Waals surface area contributed by atoms with E-state index < -0.39 is 0 Å². The SMILES string of the molecule is CCCCOc1nnnn1CC1CCCN1. The van der Waals surface area contributed by atoms with Crippen LogP contribution in [0.3, 0.4) is 0 Å². The molecule has 6 heteroatoms. The molecule has 1 fully saturated rings. The molecule has 2 rings (SSSR count). The van der Waals surface area contributed by atoms with E-state index in [0.29, 0.717) is 18.7 Å². The summed E-state index contributed by atoms with van der Waals surface area (Å²) in [4.78, 5) is 0. The Balaban J connectivity index is 1.85. The van der Waals surface area contributed by atoms with E-state index in [4.69, 9.17) is 4.74 Å². The van der Waals surface area contributed by atoms with Gasteiger partial charge in [0.05, 0.1) is 13.2 Å². The molecule has 0 saturated carbocycles. The monoisotopic (exact) mass is 225 g/mol. The number of ether oxygens (including phenoxy) is 1. The quantitative estimate of drug-likeness (QED) is 0.718. The Labute approximate surface area is 95.4 Å².